The number of rotatable bonds is 1. The van der Waals surface area contributed by atoms with Gasteiger partial charge in [-0.3, -0.25) is 4.55 Å². The molecule has 4 nitrogen and oxygen atoms in total. The molecule has 2 rings (SSSR count). The standard InChI is InChI=1S/C11H13NO3S.K.H/c1-7-11(2,3)9-6-8(16(13,14)15)4-5-10(9)12-7;;/h4-6H,1-3H3,(H,13,14,15);;/q+1;;. The van der Waals surface area contributed by atoms with E-state index in [1.165, 1.54) is 12.1 Å². The van der Waals surface area contributed by atoms with Gasteiger partial charge in [-0.25, -0.2) is 0 Å². The van der Waals surface area contributed by atoms with Crippen molar-refractivity contribution in [3.05, 3.63) is 23.8 Å². The van der Waals surface area contributed by atoms with E-state index < -0.39 is 10.1 Å². The van der Waals surface area contributed by atoms with Crippen LogP contribution in [0.25, 0.3) is 0 Å². The van der Waals surface area contributed by atoms with Crippen LogP contribution in [0.15, 0.2) is 23.1 Å². The summed E-state index contributed by atoms with van der Waals surface area (Å²) >= 11 is 0. The van der Waals surface area contributed by atoms with Crippen LogP contribution in [0.4, 0.5) is 5.69 Å². The van der Waals surface area contributed by atoms with E-state index in [9.17, 15) is 8.42 Å². The van der Waals surface area contributed by atoms with E-state index in [0.29, 0.717) is 0 Å². The molecule has 0 unspecified atom stereocenters. The van der Waals surface area contributed by atoms with Gasteiger partial charge in [0.05, 0.1) is 15.3 Å². The monoisotopic (exact) mass is 279 g/mol. The molecule has 87 valence electrons. The van der Waals surface area contributed by atoms with Crippen molar-refractivity contribution in [1.82, 2.24) is 4.99 Å². The average Bonchev–Trinajstić information content (AvgIpc) is 2.37. The van der Waals surface area contributed by atoms with Gasteiger partial charge in [0.25, 0.3) is 15.8 Å². The molecular formula is C11H14KNO3S+. The van der Waals surface area contributed by atoms with Gasteiger partial charge >= 0.3 is 51.4 Å². The van der Waals surface area contributed by atoms with E-state index in [-0.39, 0.29) is 61.7 Å². The van der Waals surface area contributed by atoms with Crippen LogP contribution in [-0.4, -0.2) is 70.1 Å². The minimum atomic E-state index is -4.14. The fourth-order valence-electron chi connectivity index (χ4n) is 1.79. The molecule has 0 saturated heterocycles. The van der Waals surface area contributed by atoms with Crippen molar-refractivity contribution in [3.63, 3.8) is 0 Å². The predicted molar refractivity (Wildman–Crippen MR) is 68.9 cm³/mol. The first-order chi connectivity index (χ1) is 7.23. The van der Waals surface area contributed by atoms with Gasteiger partial charge in [0, 0.05) is 18.6 Å². The zero-order chi connectivity index (χ0) is 12.1. The summed E-state index contributed by atoms with van der Waals surface area (Å²) in [6.45, 7) is 5.87. The molecule has 0 bridgehead atoms. The van der Waals surface area contributed by atoms with Gasteiger partial charge in [0.1, 0.15) is 0 Å². The van der Waals surface area contributed by atoms with Crippen molar-refractivity contribution in [2.75, 3.05) is 0 Å². The van der Waals surface area contributed by atoms with Crippen LogP contribution in [0.2, 0.25) is 0 Å². The van der Waals surface area contributed by atoms with Gasteiger partial charge in [-0.1, -0.05) is 0 Å². The van der Waals surface area contributed by atoms with E-state index >= 15 is 0 Å². The Morgan fingerprint density at radius 1 is 1.29 bits per heavy atom. The van der Waals surface area contributed by atoms with E-state index in [4.69, 9.17) is 4.55 Å². The van der Waals surface area contributed by atoms with E-state index in [1.807, 2.05) is 20.8 Å². The third kappa shape index (κ3) is 2.73. The number of nitrogens with zero attached hydrogens (tertiary/aromatic N) is 1. The van der Waals surface area contributed by atoms with Crippen LogP contribution in [0.5, 0.6) is 0 Å². The quantitative estimate of drug-likeness (QED) is 0.616. The van der Waals surface area contributed by atoms with Crippen molar-refractivity contribution in [3.8, 4) is 0 Å². The Balaban J connectivity index is 0.00000144. The number of hydrogen-bond acceptors (Lipinski definition) is 3. The molecule has 1 N–H and O–H groups in total. The molecule has 0 saturated carbocycles. The normalized spacial score (nSPS) is 17.1. The van der Waals surface area contributed by atoms with Gasteiger partial charge in [0.2, 0.25) is 5.71 Å². The number of aliphatic imine (C=N–C) groups is 1. The Hall–Kier alpha value is 0.436. The topological polar surface area (TPSA) is 68.5 Å². The molecule has 17 heavy (non-hydrogen) atoms. The van der Waals surface area contributed by atoms with E-state index in [0.717, 1.165) is 17.0 Å². The van der Waals surface area contributed by atoms with Crippen molar-refractivity contribution in [2.45, 2.75) is 31.1 Å². The van der Waals surface area contributed by atoms with Crippen molar-refractivity contribution in [1.29, 1.82) is 0 Å². The minimum absolute atomic E-state index is 0. The summed E-state index contributed by atoms with van der Waals surface area (Å²) < 4.78 is 31.1. The third-order valence-electron chi connectivity index (χ3n) is 3.13. The van der Waals surface area contributed by atoms with Crippen molar-refractivity contribution >= 4 is 72.9 Å². The molecule has 0 aromatic heterocycles. The Morgan fingerprint density at radius 3 is 2.41 bits per heavy atom. The first-order valence-corrected chi connectivity index (χ1v) is 6.35. The van der Waals surface area contributed by atoms with Crippen LogP contribution >= 0.6 is 0 Å². The number of benzene rings is 1. The summed E-state index contributed by atoms with van der Waals surface area (Å²) in [5.41, 5.74) is 2.26. The summed E-state index contributed by atoms with van der Waals surface area (Å²) in [6.07, 6.45) is 0. The average molecular weight is 279 g/mol. The van der Waals surface area contributed by atoms with Crippen LogP contribution < -0.4 is 4.99 Å². The molecule has 6 heteroatoms. The second-order valence-electron chi connectivity index (χ2n) is 4.48. The molecule has 0 amide bonds. The molecular weight excluding hydrogens is 265 g/mol. The summed E-state index contributed by atoms with van der Waals surface area (Å²) in [5, 5.41) is 0. The van der Waals surface area contributed by atoms with Crippen LogP contribution in [0.1, 0.15) is 26.3 Å². The molecule has 0 atom stereocenters. The molecule has 0 aliphatic carbocycles. The maximum atomic E-state index is 11.0. The zero-order valence-electron chi connectivity index (χ0n) is 9.35. The molecule has 0 fully saturated rings. The van der Waals surface area contributed by atoms with Gasteiger partial charge in [0.15, 0.2) is 0 Å². The Kier molecular flexibility index (Phi) is 4.41. The molecule has 1 aliphatic rings. The molecule has 1 aliphatic heterocycles. The summed E-state index contributed by atoms with van der Waals surface area (Å²) in [4.78, 5) is 4.29. The zero-order valence-corrected chi connectivity index (χ0v) is 10.2. The van der Waals surface area contributed by atoms with Crippen molar-refractivity contribution in [2.24, 2.45) is 0 Å². The fraction of sp³-hybridized carbons (Fsp3) is 0.364. The van der Waals surface area contributed by atoms with E-state index in [2.05, 4.69) is 4.99 Å². The van der Waals surface area contributed by atoms with Crippen LogP contribution in [-0.2, 0) is 15.5 Å². The number of fused-ring (bicyclic) bond motifs is 1. The first-order valence-electron chi connectivity index (χ1n) is 4.91. The van der Waals surface area contributed by atoms with Gasteiger partial charge in [-0.15, -0.1) is 0 Å². The summed E-state index contributed by atoms with van der Waals surface area (Å²) in [7, 11) is -4.14. The molecule has 1 aromatic carbocycles. The maximum absolute atomic E-state index is 11.0. The molecule has 1 radical (unpaired) electrons. The second-order valence-corrected chi connectivity index (χ2v) is 5.90. The van der Waals surface area contributed by atoms with Crippen LogP contribution in [0.3, 0.4) is 0 Å². The molecule has 1 heterocycles. The number of hydrogen-bond donors (Lipinski definition) is 1. The van der Waals surface area contributed by atoms with Gasteiger partial charge in [-0.05, 0) is 26.0 Å². The Morgan fingerprint density at radius 2 is 1.88 bits per heavy atom. The van der Waals surface area contributed by atoms with Crippen LogP contribution in [0, 0.1) is 0 Å². The third-order valence-corrected chi connectivity index (χ3v) is 3.98. The second kappa shape index (κ2) is 4.84. The summed E-state index contributed by atoms with van der Waals surface area (Å²) in [5.74, 6) is 0. The SMILES string of the molecule is CC1=[N+]c2ccc(S(=O)(=O)O)cc2C1(C)C.[KH]. The summed E-state index contributed by atoms with van der Waals surface area (Å²) in [6, 6.07) is 4.48. The van der Waals surface area contributed by atoms with Crippen molar-refractivity contribution < 1.29 is 13.0 Å². The van der Waals surface area contributed by atoms with Gasteiger partial charge in [-0.2, -0.15) is 8.42 Å². The first kappa shape index (κ1) is 15.5. The molecule has 1 aromatic rings. The Bertz CT molecular complexity index is 591. The molecule has 0 spiro atoms. The van der Waals surface area contributed by atoms with Gasteiger partial charge < -0.3 is 0 Å². The van der Waals surface area contributed by atoms with E-state index in [1.54, 1.807) is 6.07 Å². The predicted octanol–water partition coefficient (Wildman–Crippen LogP) is 1.00. The fourth-order valence-corrected chi connectivity index (χ4v) is 2.30. The Labute approximate surface area is 144 Å².